The largest absolute Gasteiger partial charge is 0.327 e. The van der Waals surface area contributed by atoms with Gasteiger partial charge in [0.15, 0.2) is 0 Å². The second-order valence-electron chi connectivity index (χ2n) is 4.35. The van der Waals surface area contributed by atoms with Gasteiger partial charge in [0, 0.05) is 6.04 Å². The fourth-order valence-electron chi connectivity index (χ4n) is 2.13. The van der Waals surface area contributed by atoms with Crippen LogP contribution in [0.1, 0.15) is 26.2 Å². The maximum Gasteiger partial charge on any atom is 0.0914 e. The third kappa shape index (κ3) is 2.49. The molecule has 1 heterocycles. The predicted molar refractivity (Wildman–Crippen MR) is 65.5 cm³/mol. The molecule has 1 aromatic rings. The molecule has 0 bridgehead atoms. The molecule has 2 rings (SSSR count). The lowest BCUT2D eigenvalue weighted by Crippen LogP contribution is -2.42. The Labute approximate surface area is 97.3 Å². The van der Waals surface area contributed by atoms with Gasteiger partial charge in [0.25, 0.3) is 0 Å². The number of rotatable bonds is 2. The molecule has 15 heavy (non-hydrogen) atoms. The predicted octanol–water partition coefficient (Wildman–Crippen LogP) is 2.37. The highest BCUT2D eigenvalue weighted by Gasteiger charge is 2.31. The Bertz CT molecular complexity index is 336. The summed E-state index contributed by atoms with van der Waals surface area (Å²) in [7, 11) is -0.896. The average molecular weight is 243 g/mol. The summed E-state index contributed by atoms with van der Waals surface area (Å²) < 4.78 is 13.2. The first-order chi connectivity index (χ1) is 7.18. The van der Waals surface area contributed by atoms with Crippen molar-refractivity contribution < 1.29 is 4.21 Å². The number of hydrogen-bond donors (Lipinski definition) is 1. The standard InChI is InChI=1S/C11H17NOS2/c1-8-4-5-9(12)10(7-8)15(13)11-3-2-6-14-11/h2-3,6,8-10H,4-5,7,12H2,1H3. The minimum absolute atomic E-state index is 0.115. The summed E-state index contributed by atoms with van der Waals surface area (Å²) in [6.07, 6.45) is 3.20. The normalized spacial score (nSPS) is 33.9. The van der Waals surface area contributed by atoms with E-state index in [-0.39, 0.29) is 11.3 Å². The second-order valence-corrected chi connectivity index (χ2v) is 7.20. The van der Waals surface area contributed by atoms with Crippen LogP contribution in [0.3, 0.4) is 0 Å². The maximum atomic E-state index is 12.3. The molecule has 2 N–H and O–H groups in total. The molecule has 0 radical (unpaired) electrons. The van der Waals surface area contributed by atoms with E-state index in [2.05, 4.69) is 6.92 Å². The van der Waals surface area contributed by atoms with E-state index in [0.29, 0.717) is 5.92 Å². The van der Waals surface area contributed by atoms with Crippen LogP contribution in [0.25, 0.3) is 0 Å². The van der Waals surface area contributed by atoms with Crippen molar-refractivity contribution in [3.8, 4) is 0 Å². The van der Waals surface area contributed by atoms with Gasteiger partial charge in [-0.1, -0.05) is 13.0 Å². The van der Waals surface area contributed by atoms with Gasteiger partial charge in [-0.05, 0) is 36.6 Å². The highest BCUT2D eigenvalue weighted by atomic mass is 32.2. The molecule has 1 fully saturated rings. The minimum Gasteiger partial charge on any atom is -0.327 e. The van der Waals surface area contributed by atoms with Crippen LogP contribution in [0.5, 0.6) is 0 Å². The maximum absolute atomic E-state index is 12.3. The van der Waals surface area contributed by atoms with Gasteiger partial charge in [0.2, 0.25) is 0 Å². The Balaban J connectivity index is 2.12. The summed E-state index contributed by atoms with van der Waals surface area (Å²) in [4.78, 5) is 0. The summed E-state index contributed by atoms with van der Waals surface area (Å²) in [5.74, 6) is 0.665. The summed E-state index contributed by atoms with van der Waals surface area (Å²) in [5, 5.41) is 2.14. The van der Waals surface area contributed by atoms with Crippen LogP contribution < -0.4 is 5.73 Å². The van der Waals surface area contributed by atoms with Gasteiger partial charge in [-0.2, -0.15) is 0 Å². The van der Waals surface area contributed by atoms with Crippen LogP contribution in [0, 0.1) is 5.92 Å². The number of hydrogen-bond acceptors (Lipinski definition) is 3. The molecule has 4 heteroatoms. The SMILES string of the molecule is CC1CCC(N)C(S(=O)c2cccs2)C1. The van der Waals surface area contributed by atoms with Crippen molar-refractivity contribution in [1.29, 1.82) is 0 Å². The summed E-state index contributed by atoms with van der Waals surface area (Å²) in [6.45, 7) is 2.23. The monoisotopic (exact) mass is 243 g/mol. The van der Waals surface area contributed by atoms with Crippen LogP contribution in [0.4, 0.5) is 0 Å². The molecule has 1 aliphatic carbocycles. The lowest BCUT2D eigenvalue weighted by molar-refractivity contribution is 0.353. The van der Waals surface area contributed by atoms with Gasteiger partial charge in [0.1, 0.15) is 0 Å². The first kappa shape index (κ1) is 11.3. The molecular formula is C11H17NOS2. The lowest BCUT2D eigenvalue weighted by Gasteiger charge is -2.31. The zero-order valence-corrected chi connectivity index (χ0v) is 10.5. The van der Waals surface area contributed by atoms with E-state index in [0.717, 1.165) is 17.1 Å². The van der Waals surface area contributed by atoms with Gasteiger partial charge in [-0.25, -0.2) is 0 Å². The van der Waals surface area contributed by atoms with E-state index in [1.807, 2.05) is 17.5 Å². The molecule has 84 valence electrons. The molecular weight excluding hydrogens is 226 g/mol. The van der Waals surface area contributed by atoms with Gasteiger partial charge < -0.3 is 5.73 Å². The van der Waals surface area contributed by atoms with Crippen molar-refractivity contribution >= 4 is 22.1 Å². The van der Waals surface area contributed by atoms with E-state index >= 15 is 0 Å². The zero-order valence-electron chi connectivity index (χ0n) is 8.89. The van der Waals surface area contributed by atoms with Crippen molar-refractivity contribution in [1.82, 2.24) is 0 Å². The van der Waals surface area contributed by atoms with Crippen molar-refractivity contribution in [2.45, 2.75) is 41.7 Å². The topological polar surface area (TPSA) is 43.1 Å². The molecule has 2 nitrogen and oxygen atoms in total. The molecule has 1 aliphatic rings. The molecule has 0 aliphatic heterocycles. The average Bonchev–Trinajstić information content (AvgIpc) is 2.74. The van der Waals surface area contributed by atoms with Crippen LogP contribution in [-0.4, -0.2) is 15.5 Å². The molecule has 1 saturated carbocycles. The van der Waals surface area contributed by atoms with Crippen molar-refractivity contribution in [3.05, 3.63) is 17.5 Å². The first-order valence-electron chi connectivity index (χ1n) is 5.38. The van der Waals surface area contributed by atoms with Gasteiger partial charge >= 0.3 is 0 Å². The third-order valence-corrected chi connectivity index (χ3v) is 6.14. The molecule has 4 unspecified atom stereocenters. The van der Waals surface area contributed by atoms with E-state index < -0.39 is 10.8 Å². The summed E-state index contributed by atoms with van der Waals surface area (Å²) in [6, 6.07) is 4.02. The minimum atomic E-state index is -0.896. The van der Waals surface area contributed by atoms with Crippen LogP contribution in [-0.2, 0) is 10.8 Å². The van der Waals surface area contributed by atoms with Crippen LogP contribution in [0.2, 0.25) is 0 Å². The molecule has 0 spiro atoms. The van der Waals surface area contributed by atoms with E-state index in [9.17, 15) is 4.21 Å². The van der Waals surface area contributed by atoms with Gasteiger partial charge in [-0.15, -0.1) is 11.3 Å². The molecule has 0 amide bonds. The first-order valence-corrected chi connectivity index (χ1v) is 7.47. The Morgan fingerprint density at radius 1 is 1.53 bits per heavy atom. The van der Waals surface area contributed by atoms with Crippen molar-refractivity contribution in [3.63, 3.8) is 0 Å². The Morgan fingerprint density at radius 3 is 3.00 bits per heavy atom. The molecule has 0 saturated heterocycles. The van der Waals surface area contributed by atoms with E-state index in [4.69, 9.17) is 5.73 Å². The smallest absolute Gasteiger partial charge is 0.0914 e. The Kier molecular flexibility index (Phi) is 3.59. The fourth-order valence-corrected chi connectivity index (χ4v) is 4.96. The van der Waals surface area contributed by atoms with Crippen molar-refractivity contribution in [2.24, 2.45) is 11.7 Å². The fraction of sp³-hybridized carbons (Fsp3) is 0.636. The molecule has 4 atom stereocenters. The quantitative estimate of drug-likeness (QED) is 0.866. The van der Waals surface area contributed by atoms with Gasteiger partial charge in [-0.3, -0.25) is 4.21 Å². The Morgan fingerprint density at radius 2 is 2.33 bits per heavy atom. The Hall–Kier alpha value is -0.190. The summed E-state index contributed by atoms with van der Waals surface area (Å²) >= 11 is 1.57. The molecule has 1 aromatic heterocycles. The van der Waals surface area contributed by atoms with Gasteiger partial charge in [0.05, 0.1) is 20.3 Å². The lowest BCUT2D eigenvalue weighted by atomic mass is 9.87. The highest BCUT2D eigenvalue weighted by molar-refractivity contribution is 7.88. The van der Waals surface area contributed by atoms with Crippen molar-refractivity contribution in [2.75, 3.05) is 0 Å². The number of nitrogens with two attached hydrogens (primary N) is 1. The van der Waals surface area contributed by atoms with E-state index in [1.54, 1.807) is 11.3 Å². The second kappa shape index (κ2) is 4.76. The highest BCUT2D eigenvalue weighted by Crippen LogP contribution is 2.30. The van der Waals surface area contributed by atoms with Crippen LogP contribution in [0.15, 0.2) is 21.7 Å². The zero-order chi connectivity index (χ0) is 10.8. The third-order valence-electron chi connectivity index (χ3n) is 3.07. The molecule has 0 aromatic carbocycles. The van der Waals surface area contributed by atoms with Crippen LogP contribution >= 0.6 is 11.3 Å². The number of thiophene rings is 1. The summed E-state index contributed by atoms with van der Waals surface area (Å²) in [5.41, 5.74) is 6.06. The van der Waals surface area contributed by atoms with E-state index in [1.165, 1.54) is 6.42 Å².